The molecule has 0 saturated heterocycles. The zero-order valence-corrected chi connectivity index (χ0v) is 11.3. The summed E-state index contributed by atoms with van der Waals surface area (Å²) >= 11 is 0. The Bertz CT molecular complexity index is 559. The molecule has 2 rings (SSSR count). The molecule has 0 saturated carbocycles. The molecular formula is C15H16FNOS. The minimum absolute atomic E-state index is 0.201. The van der Waals surface area contributed by atoms with Crippen molar-refractivity contribution in [2.75, 3.05) is 6.54 Å². The van der Waals surface area contributed by atoms with E-state index in [1.165, 1.54) is 12.1 Å². The van der Waals surface area contributed by atoms with Gasteiger partial charge in [-0.05, 0) is 36.7 Å². The van der Waals surface area contributed by atoms with Gasteiger partial charge in [-0.3, -0.25) is 4.21 Å². The maximum Gasteiger partial charge on any atom is 0.124 e. The van der Waals surface area contributed by atoms with Crippen molar-refractivity contribution in [3.63, 3.8) is 0 Å². The van der Waals surface area contributed by atoms with Crippen molar-refractivity contribution in [1.29, 1.82) is 0 Å². The van der Waals surface area contributed by atoms with Gasteiger partial charge in [-0.1, -0.05) is 36.4 Å². The van der Waals surface area contributed by atoms with Crippen LogP contribution in [0.4, 0.5) is 4.39 Å². The van der Waals surface area contributed by atoms with Crippen LogP contribution in [-0.2, 0) is 10.8 Å². The predicted octanol–water partition coefficient (Wildman–Crippen LogP) is 3.02. The van der Waals surface area contributed by atoms with Gasteiger partial charge < -0.3 is 5.73 Å². The van der Waals surface area contributed by atoms with E-state index in [4.69, 9.17) is 5.73 Å². The molecule has 0 amide bonds. The van der Waals surface area contributed by atoms with Crippen molar-refractivity contribution in [2.24, 2.45) is 5.73 Å². The topological polar surface area (TPSA) is 43.1 Å². The lowest BCUT2D eigenvalue weighted by Gasteiger charge is -2.16. The van der Waals surface area contributed by atoms with Gasteiger partial charge in [0.1, 0.15) is 5.82 Å². The molecule has 4 heteroatoms. The van der Waals surface area contributed by atoms with E-state index in [1.54, 1.807) is 12.1 Å². The summed E-state index contributed by atoms with van der Waals surface area (Å²) in [6, 6.07) is 15.5. The number of benzene rings is 2. The van der Waals surface area contributed by atoms with Crippen LogP contribution in [0.15, 0.2) is 59.5 Å². The standard InChI is InChI=1S/C15H16FNOS/c16-13-7-4-8-14(11-13)19(18)15(9-10-17)12-5-2-1-3-6-12/h1-8,11,15H,9-10,17H2. The number of halogens is 1. The second kappa shape index (κ2) is 6.59. The Morgan fingerprint density at radius 2 is 1.84 bits per heavy atom. The molecule has 0 aromatic heterocycles. The molecule has 2 atom stereocenters. The van der Waals surface area contributed by atoms with Crippen molar-refractivity contribution < 1.29 is 8.60 Å². The first-order valence-electron chi connectivity index (χ1n) is 6.13. The van der Waals surface area contributed by atoms with Gasteiger partial charge in [0.2, 0.25) is 0 Å². The molecule has 0 heterocycles. The van der Waals surface area contributed by atoms with Crippen LogP contribution in [0.1, 0.15) is 17.2 Å². The van der Waals surface area contributed by atoms with E-state index in [0.717, 1.165) is 5.56 Å². The second-order valence-electron chi connectivity index (χ2n) is 4.23. The van der Waals surface area contributed by atoms with Gasteiger partial charge in [-0.15, -0.1) is 0 Å². The van der Waals surface area contributed by atoms with Crippen LogP contribution >= 0.6 is 0 Å². The van der Waals surface area contributed by atoms with E-state index in [2.05, 4.69) is 0 Å². The fourth-order valence-electron chi connectivity index (χ4n) is 1.97. The molecule has 0 radical (unpaired) electrons. The van der Waals surface area contributed by atoms with Crippen LogP contribution < -0.4 is 5.73 Å². The molecule has 0 aliphatic carbocycles. The number of hydrogen-bond acceptors (Lipinski definition) is 2. The molecule has 2 unspecified atom stereocenters. The lowest BCUT2D eigenvalue weighted by molar-refractivity contribution is 0.621. The third-order valence-corrected chi connectivity index (χ3v) is 4.63. The molecule has 0 aliphatic rings. The van der Waals surface area contributed by atoms with Crippen LogP contribution in [-0.4, -0.2) is 10.8 Å². The Labute approximate surface area is 114 Å². The van der Waals surface area contributed by atoms with Gasteiger partial charge >= 0.3 is 0 Å². The quantitative estimate of drug-likeness (QED) is 0.913. The van der Waals surface area contributed by atoms with Gasteiger partial charge in [0.15, 0.2) is 0 Å². The average Bonchev–Trinajstić information content (AvgIpc) is 2.45. The van der Waals surface area contributed by atoms with E-state index in [0.29, 0.717) is 17.9 Å². The Hall–Kier alpha value is -1.52. The van der Waals surface area contributed by atoms with E-state index in [-0.39, 0.29) is 11.1 Å². The molecule has 2 N–H and O–H groups in total. The summed E-state index contributed by atoms with van der Waals surface area (Å²) in [5.41, 5.74) is 6.57. The zero-order valence-electron chi connectivity index (χ0n) is 10.5. The first-order chi connectivity index (χ1) is 9.22. The van der Waals surface area contributed by atoms with Gasteiger partial charge in [-0.25, -0.2) is 4.39 Å². The maximum absolute atomic E-state index is 13.2. The van der Waals surface area contributed by atoms with Crippen molar-refractivity contribution in [1.82, 2.24) is 0 Å². The van der Waals surface area contributed by atoms with Crippen molar-refractivity contribution in [3.8, 4) is 0 Å². The summed E-state index contributed by atoms with van der Waals surface area (Å²) in [5.74, 6) is -0.370. The smallest absolute Gasteiger partial charge is 0.124 e. The first kappa shape index (κ1) is 13.9. The number of hydrogen-bond donors (Lipinski definition) is 1. The number of nitrogens with two attached hydrogens (primary N) is 1. The maximum atomic E-state index is 13.2. The van der Waals surface area contributed by atoms with E-state index in [1.807, 2.05) is 30.3 Å². The van der Waals surface area contributed by atoms with Crippen LogP contribution in [0.2, 0.25) is 0 Å². The average molecular weight is 277 g/mol. The van der Waals surface area contributed by atoms with Gasteiger partial charge in [0, 0.05) is 4.90 Å². The van der Waals surface area contributed by atoms with Crippen LogP contribution in [0.25, 0.3) is 0 Å². The Morgan fingerprint density at radius 3 is 2.47 bits per heavy atom. The Kier molecular flexibility index (Phi) is 4.82. The highest BCUT2D eigenvalue weighted by Gasteiger charge is 2.20. The molecule has 0 bridgehead atoms. The first-order valence-corrected chi connectivity index (χ1v) is 7.35. The minimum atomic E-state index is -1.30. The monoisotopic (exact) mass is 277 g/mol. The summed E-state index contributed by atoms with van der Waals surface area (Å²) in [6.45, 7) is 0.445. The Balaban J connectivity index is 2.32. The van der Waals surface area contributed by atoms with Gasteiger partial charge in [0.05, 0.1) is 16.0 Å². The van der Waals surface area contributed by atoms with Crippen molar-refractivity contribution in [2.45, 2.75) is 16.6 Å². The molecular weight excluding hydrogens is 261 g/mol. The third kappa shape index (κ3) is 3.49. The summed E-state index contributed by atoms with van der Waals surface area (Å²) in [5, 5.41) is -0.201. The molecule has 19 heavy (non-hydrogen) atoms. The molecule has 0 aliphatic heterocycles. The molecule has 2 aromatic rings. The zero-order chi connectivity index (χ0) is 13.7. The summed E-state index contributed by atoms with van der Waals surface area (Å²) in [6.07, 6.45) is 0.604. The largest absolute Gasteiger partial charge is 0.330 e. The summed E-state index contributed by atoms with van der Waals surface area (Å²) in [7, 11) is -1.30. The Morgan fingerprint density at radius 1 is 1.11 bits per heavy atom. The minimum Gasteiger partial charge on any atom is -0.330 e. The molecule has 0 fully saturated rings. The molecule has 100 valence electrons. The fourth-order valence-corrected chi connectivity index (χ4v) is 3.50. The normalized spacial score (nSPS) is 14.0. The van der Waals surface area contributed by atoms with Crippen LogP contribution in [0.3, 0.4) is 0 Å². The third-order valence-electron chi connectivity index (χ3n) is 2.89. The highest BCUT2D eigenvalue weighted by molar-refractivity contribution is 7.85. The fraction of sp³-hybridized carbons (Fsp3) is 0.200. The lowest BCUT2D eigenvalue weighted by Crippen LogP contribution is -2.12. The lowest BCUT2D eigenvalue weighted by atomic mass is 10.1. The molecule has 2 aromatic carbocycles. The highest BCUT2D eigenvalue weighted by Crippen LogP contribution is 2.28. The highest BCUT2D eigenvalue weighted by atomic mass is 32.2. The molecule has 0 spiro atoms. The van der Waals surface area contributed by atoms with Crippen molar-refractivity contribution >= 4 is 10.8 Å². The summed E-state index contributed by atoms with van der Waals surface area (Å²) < 4.78 is 25.8. The van der Waals surface area contributed by atoms with E-state index in [9.17, 15) is 8.60 Å². The van der Waals surface area contributed by atoms with E-state index < -0.39 is 10.8 Å². The molecule has 2 nitrogen and oxygen atoms in total. The van der Waals surface area contributed by atoms with Crippen LogP contribution in [0, 0.1) is 5.82 Å². The van der Waals surface area contributed by atoms with Gasteiger partial charge in [0.25, 0.3) is 0 Å². The SMILES string of the molecule is NCCC(c1ccccc1)S(=O)c1cccc(F)c1. The van der Waals surface area contributed by atoms with Gasteiger partial charge in [-0.2, -0.15) is 0 Å². The summed E-state index contributed by atoms with van der Waals surface area (Å²) in [4.78, 5) is 0.502. The van der Waals surface area contributed by atoms with E-state index >= 15 is 0 Å². The van der Waals surface area contributed by atoms with Crippen molar-refractivity contribution in [3.05, 3.63) is 66.0 Å². The second-order valence-corrected chi connectivity index (χ2v) is 5.87. The number of rotatable bonds is 5. The van der Waals surface area contributed by atoms with Crippen LogP contribution in [0.5, 0.6) is 0 Å². The predicted molar refractivity (Wildman–Crippen MR) is 75.7 cm³/mol.